The minimum Gasteiger partial charge on any atom is -0.311 e. The highest BCUT2D eigenvalue weighted by molar-refractivity contribution is 5.91. The highest BCUT2D eigenvalue weighted by Crippen LogP contribution is 2.10. The summed E-state index contributed by atoms with van der Waals surface area (Å²) in [7, 11) is 0. The lowest BCUT2D eigenvalue weighted by atomic mass is 10.3. The second-order valence-electron chi connectivity index (χ2n) is 4.00. The quantitative estimate of drug-likeness (QED) is 0.814. The summed E-state index contributed by atoms with van der Waals surface area (Å²) in [5, 5.41) is 5.37. The van der Waals surface area contributed by atoms with E-state index in [2.05, 4.69) is 15.6 Å². The Hall–Kier alpha value is -1.91. The lowest BCUT2D eigenvalue weighted by Gasteiger charge is -2.07. The largest absolute Gasteiger partial charge is 0.311 e. The standard InChI is InChI=1S/C13H19N3O2/c1-3-6-12(17)15-10-8-5-9-11(14-10)16-13(18)7-4-2/h5,8-9H,3-4,6-7H2,1-2H3,(H2,14,15,16,17,18). The normalized spacial score (nSPS) is 9.89. The number of aromatic nitrogens is 1. The first kappa shape index (κ1) is 14.2. The predicted molar refractivity (Wildman–Crippen MR) is 71.3 cm³/mol. The van der Waals surface area contributed by atoms with Gasteiger partial charge in [-0.2, -0.15) is 0 Å². The topological polar surface area (TPSA) is 71.1 Å². The van der Waals surface area contributed by atoms with Crippen molar-refractivity contribution < 1.29 is 9.59 Å². The van der Waals surface area contributed by atoms with Gasteiger partial charge in [0, 0.05) is 12.8 Å². The SMILES string of the molecule is CCCC(=O)Nc1cccc(NC(=O)CCC)n1. The van der Waals surface area contributed by atoms with Gasteiger partial charge in [0.05, 0.1) is 0 Å². The van der Waals surface area contributed by atoms with Crippen LogP contribution in [0.1, 0.15) is 39.5 Å². The molecule has 0 saturated carbocycles. The van der Waals surface area contributed by atoms with Gasteiger partial charge in [-0.3, -0.25) is 9.59 Å². The van der Waals surface area contributed by atoms with E-state index in [1.54, 1.807) is 18.2 Å². The van der Waals surface area contributed by atoms with Crippen LogP contribution in [-0.2, 0) is 9.59 Å². The molecule has 5 nitrogen and oxygen atoms in total. The number of amides is 2. The number of carbonyl (C=O) groups is 2. The second kappa shape index (κ2) is 7.42. The minimum atomic E-state index is -0.0676. The van der Waals surface area contributed by atoms with Crippen LogP contribution in [0.5, 0.6) is 0 Å². The third-order valence-electron chi connectivity index (χ3n) is 2.24. The van der Waals surface area contributed by atoms with Crippen molar-refractivity contribution in [3.05, 3.63) is 18.2 Å². The van der Waals surface area contributed by atoms with Crippen molar-refractivity contribution in [3.8, 4) is 0 Å². The van der Waals surface area contributed by atoms with Crippen LogP contribution in [0.25, 0.3) is 0 Å². The maximum absolute atomic E-state index is 11.4. The molecule has 0 aliphatic heterocycles. The zero-order chi connectivity index (χ0) is 13.4. The van der Waals surface area contributed by atoms with Gasteiger partial charge in [0.25, 0.3) is 0 Å². The Morgan fingerprint density at radius 2 is 1.44 bits per heavy atom. The van der Waals surface area contributed by atoms with Gasteiger partial charge in [-0.25, -0.2) is 4.98 Å². The van der Waals surface area contributed by atoms with Gasteiger partial charge in [0.15, 0.2) is 0 Å². The molecule has 2 N–H and O–H groups in total. The Kier molecular flexibility index (Phi) is 5.84. The van der Waals surface area contributed by atoms with E-state index in [-0.39, 0.29) is 11.8 Å². The van der Waals surface area contributed by atoms with E-state index in [1.165, 1.54) is 0 Å². The van der Waals surface area contributed by atoms with Crippen LogP contribution in [0.2, 0.25) is 0 Å². The lowest BCUT2D eigenvalue weighted by molar-refractivity contribution is -0.117. The summed E-state index contributed by atoms with van der Waals surface area (Å²) in [6.07, 6.45) is 2.51. The average Bonchev–Trinajstić information content (AvgIpc) is 2.29. The first-order valence-electron chi connectivity index (χ1n) is 6.22. The molecule has 0 saturated heterocycles. The highest BCUT2D eigenvalue weighted by atomic mass is 16.2. The lowest BCUT2D eigenvalue weighted by Crippen LogP contribution is -2.14. The van der Waals surface area contributed by atoms with Crippen molar-refractivity contribution >= 4 is 23.5 Å². The van der Waals surface area contributed by atoms with E-state index >= 15 is 0 Å². The molecule has 0 bridgehead atoms. The van der Waals surface area contributed by atoms with Gasteiger partial charge in [-0.1, -0.05) is 19.9 Å². The summed E-state index contributed by atoms with van der Waals surface area (Å²) in [6, 6.07) is 5.14. The summed E-state index contributed by atoms with van der Waals surface area (Å²) in [5.41, 5.74) is 0. The Morgan fingerprint density at radius 1 is 1.00 bits per heavy atom. The van der Waals surface area contributed by atoms with Gasteiger partial charge in [-0.05, 0) is 25.0 Å². The maximum Gasteiger partial charge on any atom is 0.225 e. The third kappa shape index (κ3) is 4.95. The molecule has 0 aliphatic carbocycles. The molecule has 0 aromatic carbocycles. The summed E-state index contributed by atoms with van der Waals surface area (Å²) in [6.45, 7) is 3.88. The van der Waals surface area contributed by atoms with Crippen molar-refractivity contribution in [2.75, 3.05) is 10.6 Å². The van der Waals surface area contributed by atoms with Crippen molar-refractivity contribution in [3.63, 3.8) is 0 Å². The first-order chi connectivity index (χ1) is 8.65. The fourth-order valence-corrected chi connectivity index (χ4v) is 1.44. The van der Waals surface area contributed by atoms with Crippen LogP contribution in [0.15, 0.2) is 18.2 Å². The summed E-state index contributed by atoms with van der Waals surface area (Å²) >= 11 is 0. The van der Waals surface area contributed by atoms with E-state index in [0.717, 1.165) is 12.8 Å². The zero-order valence-electron chi connectivity index (χ0n) is 10.8. The Labute approximate surface area is 107 Å². The Morgan fingerprint density at radius 3 is 1.83 bits per heavy atom. The Bertz CT molecular complexity index is 383. The molecule has 2 amide bonds. The van der Waals surface area contributed by atoms with Crippen LogP contribution >= 0.6 is 0 Å². The minimum absolute atomic E-state index is 0.0676. The average molecular weight is 249 g/mol. The molecular weight excluding hydrogens is 230 g/mol. The molecule has 0 spiro atoms. The van der Waals surface area contributed by atoms with Gasteiger partial charge >= 0.3 is 0 Å². The number of carbonyl (C=O) groups excluding carboxylic acids is 2. The molecule has 0 radical (unpaired) electrons. The molecule has 0 atom stereocenters. The van der Waals surface area contributed by atoms with Crippen LogP contribution in [-0.4, -0.2) is 16.8 Å². The molecule has 18 heavy (non-hydrogen) atoms. The zero-order valence-corrected chi connectivity index (χ0v) is 10.8. The molecule has 0 aliphatic rings. The van der Waals surface area contributed by atoms with Crippen molar-refractivity contribution in [1.29, 1.82) is 0 Å². The molecule has 0 unspecified atom stereocenters. The fraction of sp³-hybridized carbons (Fsp3) is 0.462. The van der Waals surface area contributed by atoms with Crippen LogP contribution in [0.4, 0.5) is 11.6 Å². The van der Waals surface area contributed by atoms with E-state index in [1.807, 2.05) is 13.8 Å². The van der Waals surface area contributed by atoms with Crippen LogP contribution < -0.4 is 10.6 Å². The number of nitrogens with one attached hydrogen (secondary N) is 2. The van der Waals surface area contributed by atoms with Gasteiger partial charge in [0.2, 0.25) is 11.8 Å². The van der Waals surface area contributed by atoms with Crippen molar-refractivity contribution in [1.82, 2.24) is 4.98 Å². The number of pyridine rings is 1. The molecular formula is C13H19N3O2. The first-order valence-corrected chi connectivity index (χ1v) is 6.22. The summed E-state index contributed by atoms with van der Waals surface area (Å²) in [5.74, 6) is 0.787. The van der Waals surface area contributed by atoms with Gasteiger partial charge in [-0.15, -0.1) is 0 Å². The monoisotopic (exact) mass is 249 g/mol. The molecule has 0 fully saturated rings. The molecule has 1 aromatic rings. The van der Waals surface area contributed by atoms with Crippen LogP contribution in [0.3, 0.4) is 0 Å². The van der Waals surface area contributed by atoms with Crippen LogP contribution in [0, 0.1) is 0 Å². The maximum atomic E-state index is 11.4. The summed E-state index contributed by atoms with van der Waals surface area (Å²) in [4.78, 5) is 27.0. The van der Waals surface area contributed by atoms with Gasteiger partial charge in [0.1, 0.15) is 11.6 Å². The number of rotatable bonds is 6. The predicted octanol–water partition coefficient (Wildman–Crippen LogP) is 2.56. The number of nitrogens with zero attached hydrogens (tertiary/aromatic N) is 1. The highest BCUT2D eigenvalue weighted by Gasteiger charge is 2.05. The molecule has 1 aromatic heterocycles. The summed E-state index contributed by atoms with van der Waals surface area (Å²) < 4.78 is 0. The van der Waals surface area contributed by atoms with Gasteiger partial charge < -0.3 is 10.6 Å². The molecule has 1 rings (SSSR count). The van der Waals surface area contributed by atoms with E-state index < -0.39 is 0 Å². The molecule has 98 valence electrons. The number of hydrogen-bond donors (Lipinski definition) is 2. The smallest absolute Gasteiger partial charge is 0.225 e. The Balaban J connectivity index is 2.61. The molecule has 1 heterocycles. The van der Waals surface area contributed by atoms with Crippen molar-refractivity contribution in [2.45, 2.75) is 39.5 Å². The van der Waals surface area contributed by atoms with E-state index in [9.17, 15) is 9.59 Å². The second-order valence-corrected chi connectivity index (χ2v) is 4.00. The number of anilines is 2. The third-order valence-corrected chi connectivity index (χ3v) is 2.24. The fourth-order valence-electron chi connectivity index (χ4n) is 1.44. The number of hydrogen-bond acceptors (Lipinski definition) is 3. The van der Waals surface area contributed by atoms with E-state index in [0.29, 0.717) is 24.5 Å². The van der Waals surface area contributed by atoms with E-state index in [4.69, 9.17) is 0 Å². The van der Waals surface area contributed by atoms with Crippen molar-refractivity contribution in [2.24, 2.45) is 0 Å². The molecule has 5 heteroatoms.